The molecule has 0 aliphatic rings. The lowest BCUT2D eigenvalue weighted by Crippen LogP contribution is -2.11. The van der Waals surface area contributed by atoms with E-state index < -0.39 is 4.92 Å². The van der Waals surface area contributed by atoms with Crippen LogP contribution in [0.4, 0.5) is 5.69 Å². The summed E-state index contributed by atoms with van der Waals surface area (Å²) >= 11 is 8.04. The molecule has 0 fully saturated rings. The van der Waals surface area contributed by atoms with Gasteiger partial charge in [-0.2, -0.15) is 0 Å². The van der Waals surface area contributed by atoms with E-state index in [1.165, 1.54) is 29.5 Å². The van der Waals surface area contributed by atoms with Crippen LogP contribution in [0.25, 0.3) is 0 Å². The first-order valence-corrected chi connectivity index (χ1v) is 8.14. The third-order valence-electron chi connectivity index (χ3n) is 2.69. The average Bonchev–Trinajstić information content (AvgIpc) is 2.75. The Balaban J connectivity index is 2.08. The molecule has 0 aliphatic carbocycles. The van der Waals surface area contributed by atoms with Gasteiger partial charge in [-0.05, 0) is 56.5 Å². The molecule has 0 radical (unpaired) electrons. The smallest absolute Gasteiger partial charge is 0.269 e. The second-order valence-electron chi connectivity index (χ2n) is 4.16. The van der Waals surface area contributed by atoms with E-state index in [0.29, 0.717) is 16.9 Å². The van der Waals surface area contributed by atoms with Crippen LogP contribution in [0.15, 0.2) is 31.8 Å². The Kier molecular flexibility index (Phi) is 5.13. The van der Waals surface area contributed by atoms with Crippen molar-refractivity contribution in [1.29, 1.82) is 0 Å². The first-order valence-electron chi connectivity index (χ1n) is 5.74. The summed E-state index contributed by atoms with van der Waals surface area (Å²) in [7, 11) is 0. The van der Waals surface area contributed by atoms with Crippen molar-refractivity contribution < 1.29 is 14.5 Å². The summed E-state index contributed by atoms with van der Waals surface area (Å²) in [4.78, 5) is 22.2. The molecular weight excluding hydrogens is 426 g/mol. The van der Waals surface area contributed by atoms with E-state index in [1.807, 2.05) is 0 Å². The highest BCUT2D eigenvalue weighted by atomic mass is 79.9. The molecule has 0 unspecified atom stereocenters. The summed E-state index contributed by atoms with van der Waals surface area (Å²) in [5.74, 6) is 0.293. The number of Topliss-reactive ketones (excluding diaryl/α,β-unsaturated/α-hetero) is 1. The van der Waals surface area contributed by atoms with Crippen LogP contribution in [0, 0.1) is 17.0 Å². The van der Waals surface area contributed by atoms with Gasteiger partial charge in [0, 0.05) is 17.7 Å². The fraction of sp³-hybridized carbons (Fsp3) is 0.154. The standard InChI is InChI=1S/C13H9Br2NO4S/c1-7-4-8(16(18)19)2-3-11(7)20-6-10(17)9-5-12(14)21-13(9)15/h2-5H,6H2,1H3. The monoisotopic (exact) mass is 433 g/mol. The summed E-state index contributed by atoms with van der Waals surface area (Å²) in [5, 5.41) is 10.7. The van der Waals surface area contributed by atoms with Crippen molar-refractivity contribution in [2.45, 2.75) is 6.92 Å². The van der Waals surface area contributed by atoms with Gasteiger partial charge >= 0.3 is 0 Å². The molecule has 1 heterocycles. The van der Waals surface area contributed by atoms with Crippen LogP contribution >= 0.6 is 43.2 Å². The van der Waals surface area contributed by atoms with Gasteiger partial charge in [-0.3, -0.25) is 14.9 Å². The number of nitro groups is 1. The summed E-state index contributed by atoms with van der Waals surface area (Å²) in [6.45, 7) is 1.57. The normalized spacial score (nSPS) is 10.4. The molecule has 2 rings (SSSR count). The molecule has 0 aliphatic heterocycles. The summed E-state index contributed by atoms with van der Waals surface area (Å²) < 4.78 is 7.04. The van der Waals surface area contributed by atoms with Crippen LogP contribution in [0.1, 0.15) is 15.9 Å². The van der Waals surface area contributed by atoms with E-state index in [4.69, 9.17) is 4.74 Å². The topological polar surface area (TPSA) is 69.4 Å². The van der Waals surface area contributed by atoms with Gasteiger partial charge in [0.1, 0.15) is 5.75 Å². The molecule has 0 atom stereocenters. The van der Waals surface area contributed by atoms with E-state index in [-0.39, 0.29) is 18.1 Å². The Morgan fingerprint density at radius 1 is 1.38 bits per heavy atom. The van der Waals surface area contributed by atoms with Gasteiger partial charge in [-0.15, -0.1) is 11.3 Å². The fourth-order valence-corrected chi connectivity index (χ4v) is 4.52. The van der Waals surface area contributed by atoms with Gasteiger partial charge in [0.05, 0.1) is 12.5 Å². The average molecular weight is 435 g/mol. The molecule has 1 aromatic carbocycles. The summed E-state index contributed by atoms with van der Waals surface area (Å²) in [6.07, 6.45) is 0. The van der Waals surface area contributed by atoms with Crippen molar-refractivity contribution in [3.63, 3.8) is 0 Å². The minimum Gasteiger partial charge on any atom is -0.485 e. The van der Waals surface area contributed by atoms with Gasteiger partial charge in [0.2, 0.25) is 5.78 Å². The third kappa shape index (κ3) is 3.90. The van der Waals surface area contributed by atoms with Gasteiger partial charge in [-0.1, -0.05) is 0 Å². The van der Waals surface area contributed by atoms with Gasteiger partial charge in [0.25, 0.3) is 5.69 Å². The number of aryl methyl sites for hydroxylation is 1. The lowest BCUT2D eigenvalue weighted by Gasteiger charge is -2.08. The molecule has 0 spiro atoms. The Morgan fingerprint density at radius 3 is 2.62 bits per heavy atom. The molecule has 1 aromatic heterocycles. The Labute approximate surface area is 141 Å². The van der Waals surface area contributed by atoms with Gasteiger partial charge in [-0.25, -0.2) is 0 Å². The second-order valence-corrected chi connectivity index (χ2v) is 7.91. The number of halogens is 2. The highest BCUT2D eigenvalue weighted by molar-refractivity contribution is 9.12. The summed E-state index contributed by atoms with van der Waals surface area (Å²) in [5.41, 5.74) is 1.16. The van der Waals surface area contributed by atoms with Crippen molar-refractivity contribution in [3.8, 4) is 5.75 Å². The Bertz CT molecular complexity index is 714. The first kappa shape index (κ1) is 16.1. The van der Waals surface area contributed by atoms with E-state index in [2.05, 4.69) is 31.9 Å². The Morgan fingerprint density at radius 2 is 2.10 bits per heavy atom. The second kappa shape index (κ2) is 6.67. The SMILES string of the molecule is Cc1cc([N+](=O)[O-])ccc1OCC(=O)c1cc(Br)sc1Br. The number of nitrogens with zero attached hydrogens (tertiary/aromatic N) is 1. The molecule has 110 valence electrons. The number of benzene rings is 1. The predicted molar refractivity (Wildman–Crippen MR) is 87.4 cm³/mol. The molecule has 0 bridgehead atoms. The highest BCUT2D eigenvalue weighted by Gasteiger charge is 2.15. The lowest BCUT2D eigenvalue weighted by molar-refractivity contribution is -0.384. The molecule has 5 nitrogen and oxygen atoms in total. The highest BCUT2D eigenvalue weighted by Crippen LogP contribution is 2.32. The number of rotatable bonds is 5. The molecular formula is C13H9Br2NO4S. The van der Waals surface area contributed by atoms with E-state index in [0.717, 1.165) is 7.57 Å². The van der Waals surface area contributed by atoms with Crippen molar-refractivity contribution >= 4 is 54.7 Å². The maximum absolute atomic E-state index is 12.1. The molecule has 0 N–H and O–H groups in total. The van der Waals surface area contributed by atoms with Crippen LogP contribution in [0.2, 0.25) is 0 Å². The molecule has 21 heavy (non-hydrogen) atoms. The molecule has 0 saturated carbocycles. The largest absolute Gasteiger partial charge is 0.485 e. The predicted octanol–water partition coefficient (Wildman–Crippen LogP) is 4.75. The number of carbonyl (C=O) groups excluding carboxylic acids is 1. The van der Waals surface area contributed by atoms with Gasteiger partial charge in [0.15, 0.2) is 6.61 Å². The molecule has 0 amide bonds. The van der Waals surface area contributed by atoms with E-state index in [1.54, 1.807) is 13.0 Å². The van der Waals surface area contributed by atoms with Crippen LogP contribution in [0.5, 0.6) is 5.75 Å². The zero-order valence-electron chi connectivity index (χ0n) is 10.8. The maximum atomic E-state index is 12.1. The van der Waals surface area contributed by atoms with Crippen molar-refractivity contribution in [2.24, 2.45) is 0 Å². The fourth-order valence-electron chi connectivity index (χ4n) is 1.66. The van der Waals surface area contributed by atoms with E-state index >= 15 is 0 Å². The Hall–Kier alpha value is -1.25. The third-order valence-corrected chi connectivity index (χ3v) is 5.02. The number of ketones is 1. The number of hydrogen-bond acceptors (Lipinski definition) is 5. The number of ether oxygens (including phenoxy) is 1. The van der Waals surface area contributed by atoms with Crippen LogP contribution < -0.4 is 4.74 Å². The zero-order valence-corrected chi connectivity index (χ0v) is 14.7. The minimum absolute atomic E-state index is 0.00399. The zero-order chi connectivity index (χ0) is 15.6. The van der Waals surface area contributed by atoms with Crippen molar-refractivity contribution in [2.75, 3.05) is 6.61 Å². The maximum Gasteiger partial charge on any atom is 0.269 e. The van der Waals surface area contributed by atoms with Crippen LogP contribution in [-0.2, 0) is 0 Å². The minimum atomic E-state index is -0.470. The van der Waals surface area contributed by atoms with Crippen molar-refractivity contribution in [3.05, 3.63) is 53.1 Å². The molecule has 0 saturated heterocycles. The lowest BCUT2D eigenvalue weighted by atomic mass is 10.2. The number of nitro benzene ring substituents is 1. The van der Waals surface area contributed by atoms with Crippen LogP contribution in [0.3, 0.4) is 0 Å². The van der Waals surface area contributed by atoms with Gasteiger partial charge < -0.3 is 4.74 Å². The van der Waals surface area contributed by atoms with Crippen molar-refractivity contribution in [1.82, 2.24) is 0 Å². The number of non-ortho nitro benzene ring substituents is 1. The van der Waals surface area contributed by atoms with E-state index in [9.17, 15) is 14.9 Å². The molecule has 2 aromatic rings. The molecule has 8 heteroatoms. The number of hydrogen-bond donors (Lipinski definition) is 0. The number of thiophene rings is 1. The number of carbonyl (C=O) groups is 1. The quantitative estimate of drug-likeness (QED) is 0.386. The summed E-state index contributed by atoms with van der Waals surface area (Å²) in [6, 6.07) is 5.99. The van der Waals surface area contributed by atoms with Crippen LogP contribution in [-0.4, -0.2) is 17.3 Å². The first-order chi connectivity index (χ1) is 9.88.